The largest absolute Gasteiger partial charge is 0.481 e. The maximum atomic E-state index is 13.2. The second-order valence-corrected chi connectivity index (χ2v) is 27.8. The Bertz CT molecular complexity index is 2460. The Balaban J connectivity index is -0.000000579. The summed E-state index contributed by atoms with van der Waals surface area (Å²) in [4.78, 5) is 57.9. The molecule has 1 rings (SSSR count). The Morgan fingerprint density at radius 3 is 0.867 bits per heavy atom. The highest BCUT2D eigenvalue weighted by atomic mass is 19.4. The van der Waals surface area contributed by atoms with Gasteiger partial charge in [-0.25, -0.2) is 0 Å². The number of aliphatic carboxylic acids is 1. The number of esters is 4. The molecule has 0 bridgehead atoms. The number of hydrogen-bond donors (Lipinski definition) is 5. The van der Waals surface area contributed by atoms with E-state index in [-0.39, 0.29) is 38.5 Å². The Morgan fingerprint density at radius 1 is 0.378 bits per heavy atom. The average Bonchev–Trinajstić information content (AvgIpc) is 0.863. The monoisotopic (exact) mass is 1490 g/mol. The molecule has 98 heavy (non-hydrogen) atoms. The summed E-state index contributed by atoms with van der Waals surface area (Å²) in [5.41, 5.74) is -29.4. The van der Waals surface area contributed by atoms with Gasteiger partial charge >= 0.3 is 79.3 Å². The van der Waals surface area contributed by atoms with Crippen molar-refractivity contribution in [2.75, 3.05) is 0 Å². The molecule has 1 fully saturated rings. The van der Waals surface area contributed by atoms with Gasteiger partial charge in [0.05, 0.1) is 27.1 Å². The van der Waals surface area contributed by atoms with Gasteiger partial charge in [0.1, 0.15) is 6.10 Å². The number of carbonyl (C=O) groups is 5. The van der Waals surface area contributed by atoms with Gasteiger partial charge in [-0.15, -0.1) is 0 Å². The van der Waals surface area contributed by atoms with Crippen molar-refractivity contribution in [1.82, 2.24) is 0 Å². The van der Waals surface area contributed by atoms with Crippen LogP contribution in [0.5, 0.6) is 0 Å². The summed E-state index contributed by atoms with van der Waals surface area (Å²) in [7, 11) is 0. The third-order valence-electron chi connectivity index (χ3n) is 17.0. The van der Waals surface area contributed by atoms with Gasteiger partial charge in [0, 0.05) is 0 Å². The van der Waals surface area contributed by atoms with E-state index in [9.17, 15) is 150 Å². The van der Waals surface area contributed by atoms with Crippen molar-refractivity contribution in [3.63, 3.8) is 0 Å². The molecular formula is C60H94F24O14. The van der Waals surface area contributed by atoms with Crippen LogP contribution in [-0.4, -0.2) is 151 Å². The molecule has 38 heteroatoms. The van der Waals surface area contributed by atoms with E-state index in [4.69, 9.17) is 5.11 Å². The SMILES string of the molecule is CCC(C)(C)C(=O)O.CCC(C)(C)C(=O)OC(C(C)C)C(O)(C(F)(F)F)C(F)(F)F.CCC(C)(C)C(=O)OC(C)(C)C(O)(C(F)(F)F)C(F)(F)F.CCC(C)(C)C(=O)OC(C1CCCC1)C(O)(C(F)(F)F)C(F)(F)F.CCC(C)(C)C(=O)OC(CC(C)C)C(O)(C(F)(F)F)C(F)(F)F. The molecule has 0 spiro atoms. The first-order valence-corrected chi connectivity index (χ1v) is 30.2. The second kappa shape index (κ2) is 34.2. The van der Waals surface area contributed by atoms with Crippen LogP contribution in [0.1, 0.15) is 210 Å². The minimum absolute atomic E-state index is 0.0268. The minimum atomic E-state index is -6.06. The van der Waals surface area contributed by atoms with E-state index in [1.165, 1.54) is 83.1 Å². The summed E-state index contributed by atoms with van der Waals surface area (Å²) in [6.45, 7) is 27.6. The number of carbonyl (C=O) groups excluding carboxylic acids is 4. The molecule has 0 saturated heterocycles. The van der Waals surface area contributed by atoms with Crippen molar-refractivity contribution in [3.8, 4) is 0 Å². The number of hydrogen-bond acceptors (Lipinski definition) is 13. The second-order valence-electron chi connectivity index (χ2n) is 27.8. The number of halogens is 24. The van der Waals surface area contributed by atoms with Crippen LogP contribution in [0.4, 0.5) is 105 Å². The number of carboxylic acid groups (broad SMARTS) is 1. The van der Waals surface area contributed by atoms with Gasteiger partial charge in [0.2, 0.25) is 0 Å². The lowest BCUT2D eigenvalue weighted by Gasteiger charge is -2.44. The number of ether oxygens (including phenoxy) is 4. The standard InChI is InChI=1S/C15H22F6O3.C14H22F6O3.C13H20F6O3.C12H18F6O3.C6H12O2/c1-4-12(2,3)11(22)24-10(9-7-5-6-8-9)13(23,14(16,17)18)15(19,20)21;1-6-11(4,5)10(21)23-9(7-8(2)3)12(22,13(15,16)17)14(18,19)20;1-6-10(4,5)9(20)22-8(7(2)3)11(21,12(14,15)16)13(17,18)19;1-6-8(2,3)7(19)21-9(4,5)10(20,11(13,14)15)12(16,17)18;1-4-6(2,3)5(7)8/h9-10,23H,4-8H2,1-3H3;8-9,22H,6-7H2,1-5H3;7-8,21H,6H2,1-5H3;20H,6H2,1-5H3;4H2,1-3H3,(H,7,8). The van der Waals surface area contributed by atoms with E-state index < -0.39 is 177 Å². The highest BCUT2D eigenvalue weighted by molar-refractivity contribution is 5.78. The van der Waals surface area contributed by atoms with Gasteiger partial charge in [0.15, 0.2) is 17.8 Å². The summed E-state index contributed by atoms with van der Waals surface area (Å²) in [5, 5.41) is 46.2. The normalized spacial score (nSPS) is 16.2. The summed E-state index contributed by atoms with van der Waals surface area (Å²) >= 11 is 0. The third-order valence-corrected chi connectivity index (χ3v) is 17.0. The highest BCUT2D eigenvalue weighted by Gasteiger charge is 2.80. The Kier molecular flexibility index (Phi) is 34.9. The first kappa shape index (κ1) is 99.9. The van der Waals surface area contributed by atoms with Crippen LogP contribution in [0.2, 0.25) is 0 Å². The molecule has 0 aromatic heterocycles. The van der Waals surface area contributed by atoms with Crippen LogP contribution in [0.25, 0.3) is 0 Å². The smallest absolute Gasteiger partial charge is 0.430 e. The maximum absolute atomic E-state index is 13.2. The van der Waals surface area contributed by atoms with Crippen molar-refractivity contribution in [2.45, 2.75) is 305 Å². The fourth-order valence-electron chi connectivity index (χ4n) is 7.57. The number of aliphatic hydroxyl groups is 4. The first-order chi connectivity index (χ1) is 42.6. The van der Waals surface area contributed by atoms with Gasteiger partial charge in [-0.05, 0) is 152 Å². The minimum Gasteiger partial charge on any atom is -0.481 e. The number of alkyl halides is 24. The Hall–Kier alpha value is -4.49. The van der Waals surface area contributed by atoms with Crippen LogP contribution >= 0.6 is 0 Å². The van der Waals surface area contributed by atoms with E-state index in [0.29, 0.717) is 33.1 Å². The van der Waals surface area contributed by atoms with Crippen LogP contribution in [-0.2, 0) is 42.9 Å². The average molecular weight is 1500 g/mol. The molecule has 0 heterocycles. The van der Waals surface area contributed by atoms with Gasteiger partial charge < -0.3 is 44.5 Å². The molecule has 586 valence electrons. The van der Waals surface area contributed by atoms with Crippen molar-refractivity contribution in [1.29, 1.82) is 0 Å². The van der Waals surface area contributed by atoms with Crippen LogP contribution in [0.3, 0.4) is 0 Å². The van der Waals surface area contributed by atoms with E-state index in [2.05, 4.69) is 18.9 Å². The zero-order chi connectivity index (χ0) is 80.3. The third kappa shape index (κ3) is 24.3. The lowest BCUT2D eigenvalue weighted by Crippen LogP contribution is -2.70. The highest BCUT2D eigenvalue weighted by Crippen LogP contribution is 2.54. The predicted molar refractivity (Wildman–Crippen MR) is 302 cm³/mol. The zero-order valence-corrected chi connectivity index (χ0v) is 58.0. The summed E-state index contributed by atoms with van der Waals surface area (Å²) in [6.07, 6.45) is -55.2. The van der Waals surface area contributed by atoms with E-state index >= 15 is 0 Å². The molecule has 0 radical (unpaired) electrons. The lowest BCUT2D eigenvalue weighted by atomic mass is 9.83. The molecule has 0 aromatic carbocycles. The van der Waals surface area contributed by atoms with Crippen molar-refractivity contribution in [2.24, 2.45) is 44.8 Å². The van der Waals surface area contributed by atoms with Crippen molar-refractivity contribution < 1.29 is 174 Å². The zero-order valence-electron chi connectivity index (χ0n) is 58.0. The van der Waals surface area contributed by atoms with Crippen LogP contribution < -0.4 is 0 Å². The molecule has 3 unspecified atom stereocenters. The van der Waals surface area contributed by atoms with Crippen LogP contribution in [0.15, 0.2) is 0 Å². The Morgan fingerprint density at radius 2 is 0.643 bits per heavy atom. The topological polar surface area (TPSA) is 223 Å². The van der Waals surface area contributed by atoms with Gasteiger partial charge in [0.25, 0.3) is 22.4 Å². The molecule has 3 atom stereocenters. The quantitative estimate of drug-likeness (QED) is 0.0386. The molecule has 1 aliphatic rings. The number of carboxylic acids is 1. The van der Waals surface area contributed by atoms with E-state index in [1.807, 2.05) is 6.92 Å². The molecule has 1 saturated carbocycles. The molecule has 0 aliphatic heterocycles. The van der Waals surface area contributed by atoms with Crippen molar-refractivity contribution in [3.05, 3.63) is 0 Å². The number of rotatable bonds is 22. The fourth-order valence-corrected chi connectivity index (χ4v) is 7.57. The Labute approximate surface area is 552 Å². The lowest BCUT2D eigenvalue weighted by molar-refractivity contribution is -0.408. The van der Waals surface area contributed by atoms with E-state index in [1.54, 1.807) is 27.7 Å². The summed E-state index contributed by atoms with van der Waals surface area (Å²) < 4.78 is 329. The fraction of sp³-hybridized carbons (Fsp3) is 0.917. The predicted octanol–water partition coefficient (Wildman–Crippen LogP) is 17.6. The first-order valence-electron chi connectivity index (χ1n) is 30.2. The van der Waals surface area contributed by atoms with Gasteiger partial charge in [-0.2, -0.15) is 105 Å². The maximum Gasteiger partial charge on any atom is 0.430 e. The molecule has 0 amide bonds. The van der Waals surface area contributed by atoms with Crippen molar-refractivity contribution >= 4 is 29.8 Å². The summed E-state index contributed by atoms with van der Waals surface area (Å²) in [6, 6.07) is 0. The van der Waals surface area contributed by atoms with Gasteiger partial charge in [-0.1, -0.05) is 75.2 Å². The molecule has 1 aliphatic carbocycles. The van der Waals surface area contributed by atoms with Crippen LogP contribution in [0, 0.1) is 44.8 Å². The van der Waals surface area contributed by atoms with E-state index in [0.717, 1.165) is 13.8 Å². The van der Waals surface area contributed by atoms with Gasteiger partial charge in [-0.3, -0.25) is 24.0 Å². The molecule has 14 nitrogen and oxygen atoms in total. The molecular weight excluding hydrogens is 1400 g/mol. The molecule has 0 aromatic rings. The summed E-state index contributed by atoms with van der Waals surface area (Å²) in [5.74, 6) is -8.91. The molecule has 5 N–H and O–H groups in total.